The van der Waals surface area contributed by atoms with E-state index in [2.05, 4.69) is 48.1 Å². The third-order valence-electron chi connectivity index (χ3n) is 3.96. The molecular weight excluding hydrogens is 314 g/mol. The van der Waals surface area contributed by atoms with Crippen LogP contribution in [0.2, 0.25) is 0 Å². The molecule has 0 saturated carbocycles. The number of rotatable bonds is 9. The molecule has 20 heavy (non-hydrogen) atoms. The van der Waals surface area contributed by atoms with Crippen LogP contribution < -0.4 is 10.1 Å². The Morgan fingerprint density at radius 1 is 1.20 bits per heavy atom. The Morgan fingerprint density at radius 2 is 1.90 bits per heavy atom. The minimum Gasteiger partial charge on any atom is -0.496 e. The molecule has 0 aliphatic rings. The van der Waals surface area contributed by atoms with Crippen molar-refractivity contribution in [1.82, 2.24) is 5.32 Å². The highest BCUT2D eigenvalue weighted by molar-refractivity contribution is 9.10. The van der Waals surface area contributed by atoms with E-state index in [0.717, 1.165) is 23.2 Å². The molecule has 0 amide bonds. The lowest BCUT2D eigenvalue weighted by molar-refractivity contribution is 0.327. The van der Waals surface area contributed by atoms with E-state index in [1.807, 2.05) is 12.1 Å². The molecule has 114 valence electrons. The maximum Gasteiger partial charge on any atom is 0.122 e. The van der Waals surface area contributed by atoms with Crippen LogP contribution >= 0.6 is 15.9 Å². The zero-order chi connectivity index (χ0) is 15.0. The highest BCUT2D eigenvalue weighted by atomic mass is 79.9. The summed E-state index contributed by atoms with van der Waals surface area (Å²) in [5.74, 6) is 1.70. The molecular formula is C17H28BrNO. The van der Waals surface area contributed by atoms with Crippen LogP contribution in [0.15, 0.2) is 22.7 Å². The standard InChI is InChI=1S/C17H28BrNO/c1-5-10-19-16(13(6-2)7-3)12-14-11-15(18)8-9-17(14)20-4/h8-9,11,13,16,19H,5-7,10,12H2,1-4H3. The molecule has 1 N–H and O–H groups in total. The number of methoxy groups -OCH3 is 1. The molecule has 0 saturated heterocycles. The fourth-order valence-electron chi connectivity index (χ4n) is 2.74. The van der Waals surface area contributed by atoms with Crippen molar-refractivity contribution in [3.63, 3.8) is 0 Å². The monoisotopic (exact) mass is 341 g/mol. The summed E-state index contributed by atoms with van der Waals surface area (Å²) in [6.07, 6.45) is 4.63. The van der Waals surface area contributed by atoms with Gasteiger partial charge >= 0.3 is 0 Å². The molecule has 0 aliphatic carbocycles. The number of hydrogen-bond acceptors (Lipinski definition) is 2. The highest BCUT2D eigenvalue weighted by Crippen LogP contribution is 2.27. The molecule has 0 fully saturated rings. The Bertz CT molecular complexity index is 391. The summed E-state index contributed by atoms with van der Waals surface area (Å²) >= 11 is 3.56. The first-order valence-electron chi connectivity index (χ1n) is 7.71. The van der Waals surface area contributed by atoms with Crippen molar-refractivity contribution in [2.45, 2.75) is 52.5 Å². The molecule has 0 bridgehead atoms. The van der Waals surface area contributed by atoms with Gasteiger partial charge in [0.2, 0.25) is 0 Å². The lowest BCUT2D eigenvalue weighted by Crippen LogP contribution is -2.38. The third-order valence-corrected chi connectivity index (χ3v) is 4.45. The van der Waals surface area contributed by atoms with Crippen LogP contribution in [0.4, 0.5) is 0 Å². The number of nitrogens with one attached hydrogen (secondary N) is 1. The van der Waals surface area contributed by atoms with E-state index in [4.69, 9.17) is 4.74 Å². The van der Waals surface area contributed by atoms with Gasteiger partial charge in [0.1, 0.15) is 5.75 Å². The maximum absolute atomic E-state index is 5.50. The van der Waals surface area contributed by atoms with Gasteiger partial charge in [-0.1, -0.05) is 49.5 Å². The largest absolute Gasteiger partial charge is 0.496 e. The van der Waals surface area contributed by atoms with Crippen molar-refractivity contribution in [2.24, 2.45) is 5.92 Å². The molecule has 3 heteroatoms. The highest BCUT2D eigenvalue weighted by Gasteiger charge is 2.20. The molecule has 0 spiro atoms. The molecule has 2 nitrogen and oxygen atoms in total. The third kappa shape index (κ3) is 5.10. The zero-order valence-corrected chi connectivity index (χ0v) is 14.8. The van der Waals surface area contributed by atoms with Crippen LogP contribution in [0.1, 0.15) is 45.6 Å². The van der Waals surface area contributed by atoms with Gasteiger partial charge in [0.05, 0.1) is 7.11 Å². The van der Waals surface area contributed by atoms with Gasteiger partial charge < -0.3 is 10.1 Å². The second-order valence-electron chi connectivity index (χ2n) is 5.30. The molecule has 0 radical (unpaired) electrons. The summed E-state index contributed by atoms with van der Waals surface area (Å²) in [6.45, 7) is 7.87. The first kappa shape index (κ1) is 17.5. The molecule has 1 aromatic carbocycles. The first-order chi connectivity index (χ1) is 9.65. The van der Waals surface area contributed by atoms with Crippen LogP contribution in [0.3, 0.4) is 0 Å². The lowest BCUT2D eigenvalue weighted by atomic mass is 9.89. The van der Waals surface area contributed by atoms with Crippen LogP contribution in [0.5, 0.6) is 5.75 Å². The predicted octanol–water partition coefficient (Wildman–Crippen LogP) is 4.80. The molecule has 1 unspecified atom stereocenters. The van der Waals surface area contributed by atoms with Gasteiger partial charge in [-0.05, 0) is 49.1 Å². The normalized spacial score (nSPS) is 12.7. The number of halogens is 1. The van der Waals surface area contributed by atoms with E-state index in [-0.39, 0.29) is 0 Å². The van der Waals surface area contributed by atoms with Gasteiger partial charge in [0.25, 0.3) is 0 Å². The van der Waals surface area contributed by atoms with E-state index in [1.165, 1.54) is 24.8 Å². The van der Waals surface area contributed by atoms with Gasteiger partial charge in [-0.25, -0.2) is 0 Å². The van der Waals surface area contributed by atoms with Gasteiger partial charge in [-0.2, -0.15) is 0 Å². The van der Waals surface area contributed by atoms with Crippen molar-refractivity contribution in [1.29, 1.82) is 0 Å². The number of hydrogen-bond donors (Lipinski definition) is 1. The Hall–Kier alpha value is -0.540. The van der Waals surface area contributed by atoms with Crippen LogP contribution in [-0.2, 0) is 6.42 Å². The van der Waals surface area contributed by atoms with E-state index in [1.54, 1.807) is 7.11 Å². The Kier molecular flexibility index (Phi) is 8.24. The van der Waals surface area contributed by atoms with E-state index < -0.39 is 0 Å². The summed E-state index contributed by atoms with van der Waals surface area (Å²) < 4.78 is 6.62. The van der Waals surface area contributed by atoms with Gasteiger partial charge in [-0.15, -0.1) is 0 Å². The van der Waals surface area contributed by atoms with E-state index in [9.17, 15) is 0 Å². The lowest BCUT2D eigenvalue weighted by Gasteiger charge is -2.27. The minimum absolute atomic E-state index is 0.521. The molecule has 0 aromatic heterocycles. The Balaban J connectivity index is 2.90. The van der Waals surface area contributed by atoms with Crippen molar-refractivity contribution in [3.8, 4) is 5.75 Å². The Labute approximate surface area is 132 Å². The average Bonchev–Trinajstić information content (AvgIpc) is 2.46. The van der Waals surface area contributed by atoms with Crippen molar-refractivity contribution in [2.75, 3.05) is 13.7 Å². The number of benzene rings is 1. The van der Waals surface area contributed by atoms with Crippen LogP contribution in [0.25, 0.3) is 0 Å². The fourth-order valence-corrected chi connectivity index (χ4v) is 3.15. The summed E-state index contributed by atoms with van der Waals surface area (Å²) in [7, 11) is 1.75. The molecule has 0 aliphatic heterocycles. The topological polar surface area (TPSA) is 21.3 Å². The number of ether oxygens (including phenoxy) is 1. The molecule has 0 heterocycles. The first-order valence-corrected chi connectivity index (χ1v) is 8.51. The quantitative estimate of drug-likeness (QED) is 0.696. The van der Waals surface area contributed by atoms with Crippen molar-refractivity contribution in [3.05, 3.63) is 28.2 Å². The summed E-state index contributed by atoms with van der Waals surface area (Å²) in [5.41, 5.74) is 1.28. The second-order valence-corrected chi connectivity index (χ2v) is 6.21. The Morgan fingerprint density at radius 3 is 2.45 bits per heavy atom. The summed E-state index contributed by atoms with van der Waals surface area (Å²) in [4.78, 5) is 0. The van der Waals surface area contributed by atoms with Crippen molar-refractivity contribution < 1.29 is 4.74 Å². The van der Waals surface area contributed by atoms with E-state index >= 15 is 0 Å². The zero-order valence-electron chi connectivity index (χ0n) is 13.2. The van der Waals surface area contributed by atoms with Crippen LogP contribution in [0, 0.1) is 5.92 Å². The summed E-state index contributed by atoms with van der Waals surface area (Å²) in [5, 5.41) is 3.72. The molecule has 1 atom stereocenters. The average molecular weight is 342 g/mol. The molecule has 1 rings (SSSR count). The molecule has 1 aromatic rings. The van der Waals surface area contributed by atoms with Crippen LogP contribution in [-0.4, -0.2) is 19.7 Å². The van der Waals surface area contributed by atoms with Gasteiger partial charge in [0, 0.05) is 10.5 Å². The van der Waals surface area contributed by atoms with Gasteiger partial charge in [-0.3, -0.25) is 0 Å². The minimum atomic E-state index is 0.521. The smallest absolute Gasteiger partial charge is 0.122 e. The predicted molar refractivity (Wildman–Crippen MR) is 90.6 cm³/mol. The maximum atomic E-state index is 5.50. The SMILES string of the molecule is CCCNC(Cc1cc(Br)ccc1OC)C(CC)CC. The summed E-state index contributed by atoms with van der Waals surface area (Å²) in [6, 6.07) is 6.78. The van der Waals surface area contributed by atoms with E-state index in [0.29, 0.717) is 12.0 Å². The van der Waals surface area contributed by atoms with Gasteiger partial charge in [0.15, 0.2) is 0 Å². The second kappa shape index (κ2) is 9.41. The van der Waals surface area contributed by atoms with Crippen molar-refractivity contribution >= 4 is 15.9 Å². The fraction of sp³-hybridized carbons (Fsp3) is 0.647.